The lowest BCUT2D eigenvalue weighted by Crippen LogP contribution is -2.78. The highest BCUT2D eigenvalue weighted by molar-refractivity contribution is 6.13. The molecule has 15 atom stereocenters. The molecule has 1 aliphatic carbocycles. The molecule has 8 rings (SSSR count). The number of phenols is 1. The van der Waals surface area contributed by atoms with Crippen molar-refractivity contribution in [1.82, 2.24) is 0 Å². The standard InChI is InChI=1S/C42H54O21/c1-15-10-20-27(31(49)29-28(32(20)53-7)22(11-21(46)30(29)48)59-25-13-38(6,50)35(16(2)56-25)58-19(5)45)33-26(15)34-36-41(61-33,39(51,14-43)42(62-34,63-36)37(54-8)55-9)60-24-12-23(47)40(52,17(3)44)18(4)57-24/h10,16,18,21-25,34-37,43,46-47,49-52H,11-14H2,1-9H3/t16?,18?,21?,22?,23?,24?,25?,34?,35?,36-,38?,39?,40?,41?,42+/m0/s1. The summed E-state index contributed by atoms with van der Waals surface area (Å²) in [5.41, 5.74) is -6.47. The van der Waals surface area contributed by atoms with Gasteiger partial charge in [-0.05, 0) is 46.2 Å². The van der Waals surface area contributed by atoms with Crippen molar-refractivity contribution in [3.05, 3.63) is 28.3 Å². The maximum atomic E-state index is 14.1. The number of aliphatic hydroxyl groups excluding tert-OH is 3. The number of ketones is 2. The van der Waals surface area contributed by atoms with E-state index in [1.165, 1.54) is 42.1 Å². The van der Waals surface area contributed by atoms with E-state index < -0.39 is 138 Å². The molecule has 348 valence electrons. The molecule has 0 amide bonds. The van der Waals surface area contributed by atoms with Gasteiger partial charge in [0, 0.05) is 56.9 Å². The number of fused-ring (bicyclic) bond motifs is 6. The number of Topliss-reactive ketones (excluding diaryl/α,β-unsaturated/α-hetero) is 2. The number of carbonyl (C=O) groups is 3. The second-order valence-electron chi connectivity index (χ2n) is 17.4. The first kappa shape index (κ1) is 45.9. The molecule has 4 saturated heterocycles. The van der Waals surface area contributed by atoms with E-state index in [-0.39, 0.29) is 46.2 Å². The molecular formula is C42H54O21. The Morgan fingerprint density at radius 3 is 2.24 bits per heavy atom. The van der Waals surface area contributed by atoms with Crippen LogP contribution in [0.1, 0.15) is 93.1 Å². The Morgan fingerprint density at radius 1 is 0.984 bits per heavy atom. The van der Waals surface area contributed by atoms with Gasteiger partial charge >= 0.3 is 5.97 Å². The van der Waals surface area contributed by atoms with Crippen molar-refractivity contribution < 1.29 is 102 Å². The lowest BCUT2D eigenvalue weighted by atomic mass is 9.75. The fraction of sp³-hybridized carbons (Fsp3) is 0.690. The molecule has 0 saturated carbocycles. The van der Waals surface area contributed by atoms with Gasteiger partial charge in [0.15, 0.2) is 42.0 Å². The first-order valence-corrected chi connectivity index (χ1v) is 20.5. The van der Waals surface area contributed by atoms with Crippen molar-refractivity contribution in [2.45, 2.75) is 157 Å². The topological polar surface area (TPSA) is 294 Å². The van der Waals surface area contributed by atoms with E-state index in [4.69, 9.17) is 52.1 Å². The molecule has 21 heteroatoms. The summed E-state index contributed by atoms with van der Waals surface area (Å²) < 4.78 is 67.0. The normalized spacial score (nSPS) is 41.6. The minimum Gasteiger partial charge on any atom is -0.506 e. The van der Waals surface area contributed by atoms with Crippen LogP contribution in [0, 0.1) is 6.92 Å². The summed E-state index contributed by atoms with van der Waals surface area (Å²) in [5, 5.41) is 81.3. The number of hydrogen-bond acceptors (Lipinski definition) is 21. The second-order valence-corrected chi connectivity index (χ2v) is 17.4. The fourth-order valence-corrected chi connectivity index (χ4v) is 10.6. The third-order valence-corrected chi connectivity index (χ3v) is 13.5. The molecule has 2 aromatic rings. The summed E-state index contributed by atoms with van der Waals surface area (Å²) in [6.45, 7) is 7.13. The number of ether oxygens (including phenoxy) is 11. The first-order valence-electron chi connectivity index (χ1n) is 20.5. The summed E-state index contributed by atoms with van der Waals surface area (Å²) >= 11 is 0. The highest BCUT2D eigenvalue weighted by Crippen LogP contribution is 2.68. The lowest BCUT2D eigenvalue weighted by molar-refractivity contribution is -0.429. The Labute approximate surface area is 360 Å². The number of aromatic hydroxyl groups is 1. The number of hydrogen-bond donors (Lipinski definition) is 7. The Kier molecular flexibility index (Phi) is 11.3. The molecule has 0 radical (unpaired) electrons. The van der Waals surface area contributed by atoms with Gasteiger partial charge in [-0.2, -0.15) is 0 Å². The number of rotatable bonds is 11. The van der Waals surface area contributed by atoms with Crippen LogP contribution < -0.4 is 9.47 Å². The van der Waals surface area contributed by atoms with Crippen molar-refractivity contribution in [3.8, 4) is 17.2 Å². The number of aryl methyl sites for hydroxylation is 1. The van der Waals surface area contributed by atoms with Crippen LogP contribution in [0.5, 0.6) is 17.2 Å². The Balaban J connectivity index is 1.29. The summed E-state index contributed by atoms with van der Waals surface area (Å²) in [5.74, 6) is -8.27. The number of methoxy groups -OCH3 is 3. The number of aliphatic hydroxyl groups is 6. The van der Waals surface area contributed by atoms with Crippen LogP contribution in [0.3, 0.4) is 0 Å². The number of esters is 1. The van der Waals surface area contributed by atoms with Gasteiger partial charge in [-0.15, -0.1) is 0 Å². The molecule has 5 aliphatic heterocycles. The van der Waals surface area contributed by atoms with E-state index in [9.17, 15) is 50.1 Å². The van der Waals surface area contributed by atoms with Gasteiger partial charge < -0.3 is 87.9 Å². The van der Waals surface area contributed by atoms with Crippen LogP contribution in [0.2, 0.25) is 0 Å². The van der Waals surface area contributed by atoms with Gasteiger partial charge in [0.05, 0.1) is 49.1 Å². The van der Waals surface area contributed by atoms with Crippen LogP contribution in [0.25, 0.3) is 10.8 Å². The Hall–Kier alpha value is -3.65. The van der Waals surface area contributed by atoms with Crippen LogP contribution in [0.15, 0.2) is 6.07 Å². The average Bonchev–Trinajstić information content (AvgIpc) is 3.70. The summed E-state index contributed by atoms with van der Waals surface area (Å²) in [7, 11) is 3.78. The predicted octanol–water partition coefficient (Wildman–Crippen LogP) is 0.115. The molecule has 6 aliphatic rings. The zero-order valence-electron chi connectivity index (χ0n) is 36.1. The number of benzene rings is 2. The summed E-state index contributed by atoms with van der Waals surface area (Å²) in [6.07, 6.45) is -16.1. The van der Waals surface area contributed by atoms with E-state index in [2.05, 4.69) is 0 Å². The summed E-state index contributed by atoms with van der Waals surface area (Å²) in [6, 6.07) is 1.62. The van der Waals surface area contributed by atoms with Crippen LogP contribution in [0.4, 0.5) is 0 Å². The third-order valence-electron chi connectivity index (χ3n) is 13.5. The molecule has 2 bridgehead atoms. The predicted molar refractivity (Wildman–Crippen MR) is 207 cm³/mol. The molecule has 13 unspecified atom stereocenters. The van der Waals surface area contributed by atoms with E-state index in [1.807, 2.05) is 0 Å². The molecule has 4 fully saturated rings. The van der Waals surface area contributed by atoms with Crippen molar-refractivity contribution in [3.63, 3.8) is 0 Å². The van der Waals surface area contributed by atoms with Gasteiger partial charge in [-0.1, -0.05) is 0 Å². The molecule has 5 heterocycles. The monoisotopic (exact) mass is 894 g/mol. The summed E-state index contributed by atoms with van der Waals surface area (Å²) in [4.78, 5) is 38.4. The zero-order valence-corrected chi connectivity index (χ0v) is 36.1. The second kappa shape index (κ2) is 15.5. The minimum absolute atomic E-state index is 0.00178. The van der Waals surface area contributed by atoms with Gasteiger partial charge in [-0.3, -0.25) is 14.4 Å². The first-order chi connectivity index (χ1) is 29.5. The van der Waals surface area contributed by atoms with E-state index >= 15 is 0 Å². The molecule has 21 nitrogen and oxygen atoms in total. The Bertz CT molecular complexity index is 2190. The number of phenolic OH excluding ortho intramolecular Hbond substituents is 1. The van der Waals surface area contributed by atoms with Crippen molar-refractivity contribution in [2.75, 3.05) is 27.9 Å². The smallest absolute Gasteiger partial charge is 0.303 e. The van der Waals surface area contributed by atoms with Crippen LogP contribution in [-0.2, 0) is 52.2 Å². The maximum Gasteiger partial charge on any atom is 0.303 e. The van der Waals surface area contributed by atoms with Crippen LogP contribution >= 0.6 is 0 Å². The van der Waals surface area contributed by atoms with Gasteiger partial charge in [0.25, 0.3) is 11.6 Å². The van der Waals surface area contributed by atoms with Gasteiger partial charge in [0.2, 0.25) is 11.9 Å². The van der Waals surface area contributed by atoms with Crippen molar-refractivity contribution in [1.29, 1.82) is 0 Å². The van der Waals surface area contributed by atoms with E-state index in [0.717, 1.165) is 6.92 Å². The zero-order chi connectivity index (χ0) is 46.1. The Morgan fingerprint density at radius 2 is 1.67 bits per heavy atom. The SMILES string of the molecule is COc1c2c(c(O)c3c4c(c(C)cc13)C1O[C@]3(C(OC)OC)O[C@@H]1C(OC1CC(O)C(O)(C(C)=O)C(C)O1)(O4)C3(O)CO)C(=O)C(O)CC2OC1CC(C)(O)C(OC(C)=O)C(C)O1. The highest BCUT2D eigenvalue weighted by Gasteiger charge is 2.88. The molecule has 7 N–H and O–H groups in total. The molecule has 63 heavy (non-hydrogen) atoms. The molecule has 0 spiro atoms. The highest BCUT2D eigenvalue weighted by atomic mass is 16.9. The van der Waals surface area contributed by atoms with E-state index in [0.29, 0.717) is 5.56 Å². The number of carbonyl (C=O) groups excluding carboxylic acids is 3. The largest absolute Gasteiger partial charge is 0.506 e. The van der Waals surface area contributed by atoms with Gasteiger partial charge in [-0.25, -0.2) is 0 Å². The quantitative estimate of drug-likeness (QED) is 0.116. The van der Waals surface area contributed by atoms with Crippen molar-refractivity contribution in [2.24, 2.45) is 0 Å². The minimum atomic E-state index is -2.80. The molecular weight excluding hydrogens is 840 g/mol. The van der Waals surface area contributed by atoms with Crippen LogP contribution in [-0.4, -0.2) is 165 Å². The van der Waals surface area contributed by atoms with E-state index in [1.54, 1.807) is 19.9 Å². The van der Waals surface area contributed by atoms with Crippen molar-refractivity contribution >= 4 is 28.3 Å². The molecule has 0 aromatic heterocycles. The average molecular weight is 895 g/mol. The fourth-order valence-electron chi connectivity index (χ4n) is 10.6. The molecule has 2 aromatic carbocycles. The maximum absolute atomic E-state index is 14.1. The lowest BCUT2D eigenvalue weighted by Gasteiger charge is -2.55. The van der Waals surface area contributed by atoms with Gasteiger partial charge in [0.1, 0.15) is 35.1 Å². The third kappa shape index (κ3) is 6.24.